The molecule has 136 valence electrons. The molecule has 0 atom stereocenters. The van der Waals surface area contributed by atoms with Gasteiger partial charge in [0.2, 0.25) is 0 Å². The van der Waals surface area contributed by atoms with Gasteiger partial charge in [-0.3, -0.25) is 0 Å². The maximum absolute atomic E-state index is 13.1. The van der Waals surface area contributed by atoms with Crippen LogP contribution in [0, 0.1) is 0 Å². The lowest BCUT2D eigenvalue weighted by Gasteiger charge is -2.13. The Morgan fingerprint density at radius 2 is 1.41 bits per heavy atom. The summed E-state index contributed by atoms with van der Waals surface area (Å²) in [4.78, 5) is 6.81. The maximum atomic E-state index is 13.1. The van der Waals surface area contributed by atoms with Gasteiger partial charge >= 0.3 is 0 Å². The van der Waals surface area contributed by atoms with Crippen LogP contribution in [0.3, 0.4) is 0 Å². The van der Waals surface area contributed by atoms with E-state index < -0.39 is 6.67 Å². The first-order valence-corrected chi connectivity index (χ1v) is 9.07. The van der Waals surface area contributed by atoms with E-state index in [1.165, 1.54) is 11.3 Å². The van der Waals surface area contributed by atoms with E-state index in [0.29, 0.717) is 6.54 Å². The fraction of sp³-hybridized carbons (Fsp3) is 0.174. The Labute approximate surface area is 158 Å². The van der Waals surface area contributed by atoms with E-state index in [-0.39, 0.29) is 0 Å². The normalized spacial score (nSPS) is 11.1. The molecule has 4 rings (SSSR count). The summed E-state index contributed by atoms with van der Waals surface area (Å²) in [6, 6.07) is 24.7. The van der Waals surface area contributed by atoms with Gasteiger partial charge in [-0.05, 0) is 35.4 Å². The van der Waals surface area contributed by atoms with E-state index in [1.807, 2.05) is 42.9 Å². The first-order valence-electron chi connectivity index (χ1n) is 9.07. The van der Waals surface area contributed by atoms with E-state index >= 15 is 0 Å². The fourth-order valence-corrected chi connectivity index (χ4v) is 3.37. The Kier molecular flexibility index (Phi) is 4.63. The molecule has 1 heterocycles. The van der Waals surface area contributed by atoms with Crippen molar-refractivity contribution >= 4 is 16.7 Å². The third-order valence-corrected chi connectivity index (χ3v) is 4.82. The number of aromatic nitrogens is 2. The summed E-state index contributed by atoms with van der Waals surface area (Å²) in [6.45, 7) is -0.104. The van der Waals surface area contributed by atoms with Crippen molar-refractivity contribution in [3.05, 3.63) is 72.8 Å². The van der Waals surface area contributed by atoms with Gasteiger partial charge in [0.05, 0.1) is 17.6 Å². The predicted octanol–water partition coefficient (Wildman–Crippen LogP) is 5.41. The first kappa shape index (κ1) is 17.3. The standard InChI is InChI=1S/C23H22FN3/c1-26(2)20-13-11-18(12-14-20)17-7-9-19(10-8-17)23-25-21-5-3-4-6-22(21)27(23)16-15-24/h3-14H,15-16H2,1-2H3. The van der Waals surface area contributed by atoms with Crippen LogP contribution in [-0.2, 0) is 6.54 Å². The second kappa shape index (κ2) is 7.23. The minimum atomic E-state index is -0.413. The Bertz CT molecular complexity index is 1050. The van der Waals surface area contributed by atoms with E-state index in [9.17, 15) is 4.39 Å². The Morgan fingerprint density at radius 3 is 2.04 bits per heavy atom. The molecule has 0 saturated heterocycles. The van der Waals surface area contributed by atoms with E-state index in [1.54, 1.807) is 0 Å². The Morgan fingerprint density at radius 1 is 0.815 bits per heavy atom. The van der Waals surface area contributed by atoms with Crippen LogP contribution in [0.15, 0.2) is 72.8 Å². The molecule has 0 unspecified atom stereocenters. The number of hydrogen-bond acceptors (Lipinski definition) is 2. The number of benzene rings is 3. The van der Waals surface area contributed by atoms with Crippen LogP contribution in [-0.4, -0.2) is 30.3 Å². The van der Waals surface area contributed by atoms with Crippen LogP contribution in [0.2, 0.25) is 0 Å². The molecular formula is C23H22FN3. The largest absolute Gasteiger partial charge is 0.378 e. The number of halogens is 1. The van der Waals surface area contributed by atoms with Gasteiger partial charge in [-0.15, -0.1) is 0 Å². The van der Waals surface area contributed by atoms with Crippen LogP contribution in [0.4, 0.5) is 10.1 Å². The van der Waals surface area contributed by atoms with Gasteiger partial charge in [0.1, 0.15) is 12.5 Å². The highest BCUT2D eigenvalue weighted by Gasteiger charge is 2.12. The molecule has 0 bridgehead atoms. The number of aryl methyl sites for hydroxylation is 1. The molecule has 4 heteroatoms. The molecule has 3 aromatic carbocycles. The molecule has 27 heavy (non-hydrogen) atoms. The summed E-state index contributed by atoms with van der Waals surface area (Å²) in [5, 5.41) is 0. The molecule has 0 aliphatic carbocycles. The van der Waals surface area contributed by atoms with Gasteiger partial charge in [-0.25, -0.2) is 9.37 Å². The van der Waals surface area contributed by atoms with Gasteiger partial charge in [0.15, 0.2) is 0 Å². The van der Waals surface area contributed by atoms with Gasteiger partial charge in [-0.2, -0.15) is 0 Å². The molecule has 3 nitrogen and oxygen atoms in total. The van der Waals surface area contributed by atoms with Crippen molar-refractivity contribution in [2.75, 3.05) is 25.7 Å². The molecule has 1 aromatic heterocycles. The molecule has 0 N–H and O–H groups in total. The molecule has 0 fully saturated rings. The molecule has 0 amide bonds. The molecule has 0 aliphatic heterocycles. The molecule has 0 spiro atoms. The zero-order chi connectivity index (χ0) is 18.8. The SMILES string of the molecule is CN(C)c1ccc(-c2ccc(-c3nc4ccccc4n3CCF)cc2)cc1. The lowest BCUT2D eigenvalue weighted by molar-refractivity contribution is 0.451. The van der Waals surface area contributed by atoms with Crippen molar-refractivity contribution < 1.29 is 4.39 Å². The third kappa shape index (κ3) is 3.31. The first-order chi connectivity index (χ1) is 13.2. The van der Waals surface area contributed by atoms with Crippen LogP contribution < -0.4 is 4.90 Å². The zero-order valence-corrected chi connectivity index (χ0v) is 15.6. The molecule has 4 aromatic rings. The van der Waals surface area contributed by atoms with Crippen molar-refractivity contribution in [1.29, 1.82) is 0 Å². The summed E-state index contributed by atoms with van der Waals surface area (Å²) >= 11 is 0. The Balaban J connectivity index is 1.70. The second-order valence-electron chi connectivity index (χ2n) is 6.78. The molecule has 0 saturated carbocycles. The number of anilines is 1. The van der Waals surface area contributed by atoms with Gasteiger partial charge in [0.25, 0.3) is 0 Å². The monoisotopic (exact) mass is 359 g/mol. The number of para-hydroxylation sites is 2. The van der Waals surface area contributed by atoms with Crippen LogP contribution in [0.5, 0.6) is 0 Å². The average Bonchev–Trinajstić information content (AvgIpc) is 3.07. The quantitative estimate of drug-likeness (QED) is 0.475. The van der Waals surface area contributed by atoms with Crippen molar-refractivity contribution in [2.45, 2.75) is 6.54 Å². The van der Waals surface area contributed by atoms with E-state index in [4.69, 9.17) is 4.98 Å². The predicted molar refractivity (Wildman–Crippen MR) is 111 cm³/mol. The summed E-state index contributed by atoms with van der Waals surface area (Å²) in [7, 11) is 4.07. The maximum Gasteiger partial charge on any atom is 0.141 e. The van der Waals surface area contributed by atoms with Crippen molar-refractivity contribution in [3.8, 4) is 22.5 Å². The highest BCUT2D eigenvalue weighted by Crippen LogP contribution is 2.28. The zero-order valence-electron chi connectivity index (χ0n) is 15.6. The van der Waals surface area contributed by atoms with Crippen molar-refractivity contribution in [1.82, 2.24) is 9.55 Å². The van der Waals surface area contributed by atoms with Crippen LogP contribution in [0.25, 0.3) is 33.5 Å². The lowest BCUT2D eigenvalue weighted by atomic mass is 10.0. The average molecular weight is 359 g/mol. The summed E-state index contributed by atoms with van der Waals surface area (Å²) < 4.78 is 15.1. The van der Waals surface area contributed by atoms with Crippen molar-refractivity contribution in [3.63, 3.8) is 0 Å². The van der Waals surface area contributed by atoms with Gasteiger partial charge < -0.3 is 9.47 Å². The summed E-state index contributed by atoms with van der Waals surface area (Å²) in [6.07, 6.45) is 0. The number of nitrogens with zero attached hydrogens (tertiary/aromatic N) is 3. The molecule has 0 radical (unpaired) electrons. The number of fused-ring (bicyclic) bond motifs is 1. The lowest BCUT2D eigenvalue weighted by Crippen LogP contribution is -2.07. The Hall–Kier alpha value is -3.14. The number of alkyl halides is 1. The van der Waals surface area contributed by atoms with Gasteiger partial charge in [-0.1, -0.05) is 48.5 Å². The highest BCUT2D eigenvalue weighted by molar-refractivity contribution is 5.81. The molecule has 0 aliphatic rings. The molecular weight excluding hydrogens is 337 g/mol. The number of rotatable bonds is 5. The second-order valence-corrected chi connectivity index (χ2v) is 6.78. The minimum absolute atomic E-state index is 0.309. The fourth-order valence-electron chi connectivity index (χ4n) is 3.37. The van der Waals surface area contributed by atoms with Crippen molar-refractivity contribution in [2.24, 2.45) is 0 Å². The highest BCUT2D eigenvalue weighted by atomic mass is 19.1. The smallest absolute Gasteiger partial charge is 0.141 e. The van der Waals surface area contributed by atoms with Gasteiger partial charge in [0, 0.05) is 25.3 Å². The van der Waals surface area contributed by atoms with Crippen LogP contribution >= 0.6 is 0 Å². The summed E-state index contributed by atoms with van der Waals surface area (Å²) in [5.41, 5.74) is 6.35. The summed E-state index contributed by atoms with van der Waals surface area (Å²) in [5.74, 6) is 0.809. The van der Waals surface area contributed by atoms with E-state index in [2.05, 4.69) is 53.4 Å². The number of imidazole rings is 1. The topological polar surface area (TPSA) is 21.1 Å². The minimum Gasteiger partial charge on any atom is -0.378 e. The third-order valence-electron chi connectivity index (χ3n) is 4.82. The van der Waals surface area contributed by atoms with Crippen LogP contribution in [0.1, 0.15) is 0 Å². The number of hydrogen-bond donors (Lipinski definition) is 0. The van der Waals surface area contributed by atoms with E-state index in [0.717, 1.165) is 28.0 Å².